The third kappa shape index (κ3) is 6.60. The summed E-state index contributed by atoms with van der Waals surface area (Å²) in [6, 6.07) is 23.8. The van der Waals surface area contributed by atoms with Gasteiger partial charge in [-0.15, -0.1) is 0 Å². The SMILES string of the molecule is Cc1ccccc1OC[C@H](O)CN(Cc1cccc(Cl)c1)C[C@@H]1CC(c2ccccc2C)=NO1. The summed E-state index contributed by atoms with van der Waals surface area (Å²) < 4.78 is 5.88. The molecule has 1 N–H and O–H groups in total. The first-order chi connectivity index (χ1) is 16.5. The van der Waals surface area contributed by atoms with E-state index < -0.39 is 6.10 Å². The van der Waals surface area contributed by atoms with E-state index in [0.29, 0.717) is 24.7 Å². The normalized spacial score (nSPS) is 16.3. The zero-order chi connectivity index (χ0) is 23.9. The number of halogens is 1. The number of oxime groups is 1. The van der Waals surface area contributed by atoms with Gasteiger partial charge in [0.2, 0.25) is 0 Å². The van der Waals surface area contributed by atoms with Gasteiger partial charge < -0.3 is 14.7 Å². The Balaban J connectivity index is 1.40. The number of aliphatic hydroxyl groups is 1. The fourth-order valence-corrected chi connectivity index (χ4v) is 4.44. The average molecular weight is 479 g/mol. The van der Waals surface area contributed by atoms with Gasteiger partial charge in [-0.1, -0.05) is 71.4 Å². The minimum atomic E-state index is -0.656. The molecule has 3 aromatic carbocycles. The topological polar surface area (TPSA) is 54.3 Å². The molecular formula is C28H31ClN2O3. The second-order valence-corrected chi connectivity index (χ2v) is 9.28. The van der Waals surface area contributed by atoms with Crippen molar-refractivity contribution in [3.63, 3.8) is 0 Å². The molecule has 4 rings (SSSR count). The third-order valence-corrected chi connectivity index (χ3v) is 6.17. The highest BCUT2D eigenvalue weighted by molar-refractivity contribution is 6.30. The van der Waals surface area contributed by atoms with Crippen molar-refractivity contribution >= 4 is 17.3 Å². The molecule has 178 valence electrons. The van der Waals surface area contributed by atoms with E-state index in [-0.39, 0.29) is 12.7 Å². The van der Waals surface area contributed by atoms with Crippen LogP contribution in [0.3, 0.4) is 0 Å². The van der Waals surface area contributed by atoms with Crippen molar-refractivity contribution in [1.82, 2.24) is 4.90 Å². The predicted octanol–water partition coefficient (Wildman–Crippen LogP) is 5.39. The van der Waals surface area contributed by atoms with E-state index in [1.165, 1.54) is 5.56 Å². The first-order valence-corrected chi connectivity index (χ1v) is 12.0. The zero-order valence-corrected chi connectivity index (χ0v) is 20.4. The predicted molar refractivity (Wildman–Crippen MR) is 137 cm³/mol. The van der Waals surface area contributed by atoms with E-state index >= 15 is 0 Å². The first kappa shape index (κ1) is 24.3. The second kappa shape index (κ2) is 11.5. The van der Waals surface area contributed by atoms with Crippen LogP contribution in [0.5, 0.6) is 5.75 Å². The molecule has 0 saturated carbocycles. The number of ether oxygens (including phenoxy) is 1. The quantitative estimate of drug-likeness (QED) is 0.424. The fourth-order valence-electron chi connectivity index (χ4n) is 4.22. The molecule has 1 heterocycles. The largest absolute Gasteiger partial charge is 0.491 e. The van der Waals surface area contributed by atoms with E-state index in [0.717, 1.165) is 34.6 Å². The van der Waals surface area contributed by atoms with E-state index in [4.69, 9.17) is 21.2 Å². The Kier molecular flexibility index (Phi) is 8.22. The first-order valence-electron chi connectivity index (χ1n) is 11.6. The number of hydrogen-bond donors (Lipinski definition) is 1. The fraction of sp³-hybridized carbons (Fsp3) is 0.321. The van der Waals surface area contributed by atoms with Crippen molar-refractivity contribution in [3.05, 3.63) is 100 Å². The third-order valence-electron chi connectivity index (χ3n) is 5.94. The van der Waals surface area contributed by atoms with Crippen LogP contribution in [0.4, 0.5) is 0 Å². The summed E-state index contributed by atoms with van der Waals surface area (Å²) in [5.41, 5.74) is 5.40. The Labute approximate surface area is 206 Å². The molecule has 0 bridgehead atoms. The molecular weight excluding hydrogens is 448 g/mol. The number of para-hydroxylation sites is 1. The van der Waals surface area contributed by atoms with Gasteiger partial charge in [-0.2, -0.15) is 0 Å². The summed E-state index contributed by atoms with van der Waals surface area (Å²) >= 11 is 6.21. The van der Waals surface area contributed by atoms with Gasteiger partial charge >= 0.3 is 0 Å². The monoisotopic (exact) mass is 478 g/mol. The molecule has 0 spiro atoms. The summed E-state index contributed by atoms with van der Waals surface area (Å²) in [4.78, 5) is 7.98. The van der Waals surface area contributed by atoms with E-state index in [2.05, 4.69) is 29.1 Å². The van der Waals surface area contributed by atoms with Crippen LogP contribution in [0.1, 0.15) is 28.7 Å². The van der Waals surface area contributed by atoms with Crippen LogP contribution < -0.4 is 4.74 Å². The van der Waals surface area contributed by atoms with Crippen molar-refractivity contribution in [2.24, 2.45) is 5.16 Å². The van der Waals surface area contributed by atoms with Crippen LogP contribution >= 0.6 is 11.6 Å². The summed E-state index contributed by atoms with van der Waals surface area (Å²) in [7, 11) is 0. The van der Waals surface area contributed by atoms with Gasteiger partial charge in [0.1, 0.15) is 24.6 Å². The number of aryl methyl sites for hydroxylation is 2. The van der Waals surface area contributed by atoms with Crippen LogP contribution in [0.25, 0.3) is 0 Å². The molecule has 1 aliphatic rings. The maximum absolute atomic E-state index is 10.8. The molecule has 0 amide bonds. The molecule has 0 saturated heterocycles. The lowest BCUT2D eigenvalue weighted by Gasteiger charge is -2.27. The highest BCUT2D eigenvalue weighted by Crippen LogP contribution is 2.22. The lowest BCUT2D eigenvalue weighted by Crippen LogP contribution is -2.39. The summed E-state index contributed by atoms with van der Waals surface area (Å²) in [5, 5.41) is 15.8. The summed E-state index contributed by atoms with van der Waals surface area (Å²) in [6.07, 6.45) is -0.0117. The molecule has 0 unspecified atom stereocenters. The number of aliphatic hydroxyl groups excluding tert-OH is 1. The van der Waals surface area contributed by atoms with Crippen molar-refractivity contribution in [2.75, 3.05) is 19.7 Å². The number of hydrogen-bond acceptors (Lipinski definition) is 5. The average Bonchev–Trinajstić information content (AvgIpc) is 3.27. The Morgan fingerprint density at radius 2 is 1.82 bits per heavy atom. The van der Waals surface area contributed by atoms with Gasteiger partial charge in [-0.25, -0.2) is 0 Å². The number of nitrogens with zero attached hydrogens (tertiary/aromatic N) is 2. The molecule has 3 aromatic rings. The Morgan fingerprint density at radius 3 is 2.59 bits per heavy atom. The molecule has 34 heavy (non-hydrogen) atoms. The summed E-state index contributed by atoms with van der Waals surface area (Å²) in [5.74, 6) is 0.790. The van der Waals surface area contributed by atoms with E-state index in [9.17, 15) is 5.11 Å². The van der Waals surface area contributed by atoms with Gasteiger partial charge in [-0.05, 0) is 48.7 Å². The molecule has 5 nitrogen and oxygen atoms in total. The minimum Gasteiger partial charge on any atom is -0.491 e. The second-order valence-electron chi connectivity index (χ2n) is 8.84. The van der Waals surface area contributed by atoms with Crippen molar-refractivity contribution in [2.45, 2.75) is 39.0 Å². The Bertz CT molecular complexity index is 1130. The van der Waals surface area contributed by atoms with Crippen molar-refractivity contribution in [1.29, 1.82) is 0 Å². The Morgan fingerprint density at radius 1 is 1.06 bits per heavy atom. The zero-order valence-electron chi connectivity index (χ0n) is 19.7. The highest BCUT2D eigenvalue weighted by Gasteiger charge is 2.26. The Hall–Kier alpha value is -2.86. The van der Waals surface area contributed by atoms with Gasteiger partial charge in [0.05, 0.1) is 5.71 Å². The standard InChI is InChI=1S/C28H31ClN2O3/c1-20-8-3-5-12-26(20)27-15-25(34-30-27)18-31(16-22-10-7-11-23(29)14-22)17-24(32)19-33-28-13-6-4-9-21(28)2/h3-14,24-25,32H,15-19H2,1-2H3/t24-,25+/m1/s1. The number of rotatable bonds is 10. The molecule has 0 aliphatic carbocycles. The maximum atomic E-state index is 10.8. The maximum Gasteiger partial charge on any atom is 0.145 e. The lowest BCUT2D eigenvalue weighted by molar-refractivity contribution is 0.0212. The molecule has 6 heteroatoms. The van der Waals surface area contributed by atoms with Crippen LogP contribution in [-0.2, 0) is 11.4 Å². The van der Waals surface area contributed by atoms with Crippen molar-refractivity contribution < 1.29 is 14.7 Å². The van der Waals surface area contributed by atoms with Gasteiger partial charge in [0.25, 0.3) is 0 Å². The molecule has 2 atom stereocenters. The smallest absolute Gasteiger partial charge is 0.145 e. The van der Waals surface area contributed by atoms with E-state index in [1.807, 2.05) is 67.6 Å². The lowest BCUT2D eigenvalue weighted by atomic mass is 10.00. The van der Waals surface area contributed by atoms with Crippen LogP contribution in [0.15, 0.2) is 78.0 Å². The molecule has 0 fully saturated rings. The van der Waals surface area contributed by atoms with Crippen LogP contribution in [-0.4, -0.2) is 47.6 Å². The number of benzene rings is 3. The van der Waals surface area contributed by atoms with Crippen LogP contribution in [0, 0.1) is 13.8 Å². The van der Waals surface area contributed by atoms with Crippen LogP contribution in [0.2, 0.25) is 5.02 Å². The van der Waals surface area contributed by atoms with Gasteiger partial charge in [0.15, 0.2) is 0 Å². The molecule has 0 aromatic heterocycles. The van der Waals surface area contributed by atoms with Gasteiger partial charge in [-0.3, -0.25) is 4.90 Å². The minimum absolute atomic E-state index is 0.0849. The van der Waals surface area contributed by atoms with Gasteiger partial charge in [0, 0.05) is 36.6 Å². The molecule has 1 aliphatic heterocycles. The van der Waals surface area contributed by atoms with E-state index in [1.54, 1.807) is 0 Å². The molecule has 0 radical (unpaired) electrons. The van der Waals surface area contributed by atoms with Crippen molar-refractivity contribution in [3.8, 4) is 5.75 Å². The highest BCUT2D eigenvalue weighted by atomic mass is 35.5. The summed E-state index contributed by atoms with van der Waals surface area (Å²) in [6.45, 7) is 6.01.